The van der Waals surface area contributed by atoms with E-state index < -0.39 is 11.7 Å². The molecule has 1 heterocycles. The number of phenolic OH excluding ortho intramolecular Hbond substituents is 2. The predicted octanol–water partition coefficient (Wildman–Crippen LogP) is 3.30. The van der Waals surface area contributed by atoms with Gasteiger partial charge < -0.3 is 15.5 Å². The van der Waals surface area contributed by atoms with E-state index in [0.717, 1.165) is 4.88 Å². The van der Waals surface area contributed by atoms with Gasteiger partial charge in [-0.15, -0.1) is 11.3 Å². The van der Waals surface area contributed by atoms with Crippen LogP contribution in [0.15, 0.2) is 30.3 Å². The molecule has 2 rings (SSSR count). The van der Waals surface area contributed by atoms with E-state index >= 15 is 0 Å². The molecule has 6 heteroatoms. The number of halogens is 1. The fourth-order valence-electron chi connectivity index (χ4n) is 1.62. The first kappa shape index (κ1) is 13.7. The van der Waals surface area contributed by atoms with Crippen LogP contribution in [0.1, 0.15) is 28.2 Å². The standard InChI is InChI=1S/C13H12ClNO3S/c1-7(10-5-6-11(14)19-10)15-13(18)8-3-2-4-9(16)12(8)17/h2-7,16-17H,1H3,(H,15,18). The molecule has 4 nitrogen and oxygen atoms in total. The third kappa shape index (κ3) is 3.00. The maximum absolute atomic E-state index is 12.0. The van der Waals surface area contributed by atoms with Crippen molar-refractivity contribution < 1.29 is 15.0 Å². The summed E-state index contributed by atoms with van der Waals surface area (Å²) >= 11 is 7.22. The molecule has 3 N–H and O–H groups in total. The van der Waals surface area contributed by atoms with E-state index in [0.29, 0.717) is 4.34 Å². The topological polar surface area (TPSA) is 69.6 Å². The van der Waals surface area contributed by atoms with E-state index in [1.54, 1.807) is 6.07 Å². The maximum atomic E-state index is 12.0. The van der Waals surface area contributed by atoms with Gasteiger partial charge in [0, 0.05) is 4.88 Å². The maximum Gasteiger partial charge on any atom is 0.255 e. The number of nitrogens with one attached hydrogen (secondary N) is 1. The molecule has 1 aromatic carbocycles. The van der Waals surface area contributed by atoms with Crippen molar-refractivity contribution in [3.63, 3.8) is 0 Å². The first-order valence-electron chi connectivity index (χ1n) is 5.56. The molecular weight excluding hydrogens is 286 g/mol. The van der Waals surface area contributed by atoms with Gasteiger partial charge in [0.25, 0.3) is 5.91 Å². The summed E-state index contributed by atoms with van der Waals surface area (Å²) in [5, 5.41) is 21.7. The zero-order chi connectivity index (χ0) is 14.0. The number of para-hydroxylation sites is 1. The number of thiophene rings is 1. The van der Waals surface area contributed by atoms with Crippen LogP contribution < -0.4 is 5.32 Å². The minimum atomic E-state index is -0.453. The van der Waals surface area contributed by atoms with E-state index in [4.69, 9.17) is 11.6 Å². The molecule has 1 unspecified atom stereocenters. The van der Waals surface area contributed by atoms with Gasteiger partial charge in [-0.2, -0.15) is 0 Å². The van der Waals surface area contributed by atoms with Gasteiger partial charge in [-0.1, -0.05) is 17.7 Å². The summed E-state index contributed by atoms with van der Waals surface area (Å²) in [4.78, 5) is 12.9. The van der Waals surface area contributed by atoms with Gasteiger partial charge in [0.15, 0.2) is 11.5 Å². The molecule has 0 saturated heterocycles. The van der Waals surface area contributed by atoms with Gasteiger partial charge in [-0.05, 0) is 31.2 Å². The molecule has 19 heavy (non-hydrogen) atoms. The van der Waals surface area contributed by atoms with E-state index in [1.165, 1.54) is 29.5 Å². The normalized spacial score (nSPS) is 12.1. The quantitative estimate of drug-likeness (QED) is 0.761. The van der Waals surface area contributed by atoms with Crippen LogP contribution in [-0.2, 0) is 0 Å². The zero-order valence-corrected chi connectivity index (χ0v) is 11.6. The van der Waals surface area contributed by atoms with Crippen molar-refractivity contribution in [3.8, 4) is 11.5 Å². The molecule has 1 aromatic heterocycles. The van der Waals surface area contributed by atoms with E-state index in [-0.39, 0.29) is 17.4 Å². The SMILES string of the molecule is CC(NC(=O)c1cccc(O)c1O)c1ccc(Cl)s1. The highest BCUT2D eigenvalue weighted by Gasteiger charge is 2.17. The molecule has 2 aromatic rings. The van der Waals surface area contributed by atoms with Crippen LogP contribution in [0.4, 0.5) is 0 Å². The monoisotopic (exact) mass is 297 g/mol. The molecule has 0 saturated carbocycles. The Bertz CT molecular complexity index is 612. The first-order chi connectivity index (χ1) is 8.99. The Morgan fingerprint density at radius 1 is 1.32 bits per heavy atom. The minimum absolute atomic E-state index is 0.0366. The lowest BCUT2D eigenvalue weighted by Crippen LogP contribution is -2.26. The molecule has 0 fully saturated rings. The van der Waals surface area contributed by atoms with Crippen molar-refractivity contribution in [1.29, 1.82) is 0 Å². The molecule has 1 amide bonds. The highest BCUT2D eigenvalue weighted by atomic mass is 35.5. The van der Waals surface area contributed by atoms with Crippen molar-refractivity contribution in [2.24, 2.45) is 0 Å². The van der Waals surface area contributed by atoms with Gasteiger partial charge in [-0.25, -0.2) is 0 Å². The first-order valence-corrected chi connectivity index (χ1v) is 6.75. The Labute approximate surface area is 119 Å². The summed E-state index contributed by atoms with van der Waals surface area (Å²) < 4.78 is 0.649. The van der Waals surface area contributed by atoms with Gasteiger partial charge in [-0.3, -0.25) is 4.79 Å². The summed E-state index contributed by atoms with van der Waals surface area (Å²) in [5.74, 6) is -1.19. The van der Waals surface area contributed by atoms with Crippen LogP contribution >= 0.6 is 22.9 Å². The minimum Gasteiger partial charge on any atom is -0.504 e. The van der Waals surface area contributed by atoms with Gasteiger partial charge in [0.05, 0.1) is 15.9 Å². The predicted molar refractivity (Wildman–Crippen MR) is 75.0 cm³/mol. The number of hydrogen-bond donors (Lipinski definition) is 3. The van der Waals surface area contributed by atoms with Crippen LogP contribution in [0, 0.1) is 0 Å². The molecule has 0 aliphatic carbocycles. The highest BCUT2D eigenvalue weighted by Crippen LogP contribution is 2.30. The lowest BCUT2D eigenvalue weighted by Gasteiger charge is -2.13. The Balaban J connectivity index is 2.15. The number of benzene rings is 1. The second-order valence-corrected chi connectivity index (χ2v) is 5.76. The van der Waals surface area contributed by atoms with Gasteiger partial charge in [0.2, 0.25) is 0 Å². The third-order valence-corrected chi connectivity index (χ3v) is 4.04. The Morgan fingerprint density at radius 2 is 2.05 bits per heavy atom. The second-order valence-electron chi connectivity index (χ2n) is 4.01. The number of hydrogen-bond acceptors (Lipinski definition) is 4. The second kappa shape index (κ2) is 5.50. The molecule has 100 valence electrons. The zero-order valence-electron chi connectivity index (χ0n) is 10.1. The Kier molecular flexibility index (Phi) is 3.97. The van der Waals surface area contributed by atoms with Crippen LogP contribution in [0.5, 0.6) is 11.5 Å². The summed E-state index contributed by atoms with van der Waals surface area (Å²) in [6.45, 7) is 1.82. The average molecular weight is 298 g/mol. The van der Waals surface area contributed by atoms with Crippen molar-refractivity contribution in [1.82, 2.24) is 5.32 Å². The molecular formula is C13H12ClNO3S. The van der Waals surface area contributed by atoms with E-state index in [2.05, 4.69) is 5.32 Å². The fraction of sp³-hybridized carbons (Fsp3) is 0.154. The lowest BCUT2D eigenvalue weighted by atomic mass is 10.1. The lowest BCUT2D eigenvalue weighted by molar-refractivity contribution is 0.0937. The van der Waals surface area contributed by atoms with E-state index in [9.17, 15) is 15.0 Å². The number of carbonyl (C=O) groups is 1. The number of amides is 1. The van der Waals surface area contributed by atoms with Crippen molar-refractivity contribution >= 4 is 28.8 Å². The van der Waals surface area contributed by atoms with Crippen LogP contribution in [0.2, 0.25) is 4.34 Å². The number of aromatic hydroxyl groups is 2. The summed E-state index contributed by atoms with van der Waals surface area (Å²) in [6, 6.07) is 7.62. The van der Waals surface area contributed by atoms with Crippen LogP contribution in [0.25, 0.3) is 0 Å². The summed E-state index contributed by atoms with van der Waals surface area (Å²) in [6.07, 6.45) is 0. The number of carbonyl (C=O) groups excluding carboxylic acids is 1. The molecule has 1 atom stereocenters. The summed E-state index contributed by atoms with van der Waals surface area (Å²) in [7, 11) is 0. The number of rotatable bonds is 3. The third-order valence-electron chi connectivity index (χ3n) is 2.63. The van der Waals surface area contributed by atoms with Crippen molar-refractivity contribution in [2.75, 3.05) is 0 Å². The molecule has 0 spiro atoms. The van der Waals surface area contributed by atoms with Gasteiger partial charge >= 0.3 is 0 Å². The smallest absolute Gasteiger partial charge is 0.255 e. The van der Waals surface area contributed by atoms with E-state index in [1.807, 2.05) is 13.0 Å². The van der Waals surface area contributed by atoms with Crippen molar-refractivity contribution in [3.05, 3.63) is 45.1 Å². The van der Waals surface area contributed by atoms with Gasteiger partial charge in [0.1, 0.15) is 0 Å². The molecule has 0 bridgehead atoms. The van der Waals surface area contributed by atoms with Crippen molar-refractivity contribution in [2.45, 2.75) is 13.0 Å². The number of phenols is 2. The summed E-state index contributed by atoms with van der Waals surface area (Å²) in [5.41, 5.74) is 0.0366. The fourth-order valence-corrected chi connectivity index (χ4v) is 2.68. The molecule has 0 radical (unpaired) electrons. The van der Waals surface area contributed by atoms with Crippen LogP contribution in [-0.4, -0.2) is 16.1 Å². The molecule has 0 aliphatic rings. The Morgan fingerprint density at radius 3 is 2.68 bits per heavy atom. The average Bonchev–Trinajstić information content (AvgIpc) is 2.79. The molecule has 0 aliphatic heterocycles. The van der Waals surface area contributed by atoms with Crippen LogP contribution in [0.3, 0.4) is 0 Å². The Hall–Kier alpha value is -1.72. The largest absolute Gasteiger partial charge is 0.504 e. The highest BCUT2D eigenvalue weighted by molar-refractivity contribution is 7.16.